The number of nitrogens with zero attached hydrogens (tertiary/aromatic N) is 1. The average Bonchev–Trinajstić information content (AvgIpc) is 2.32. The quantitative estimate of drug-likeness (QED) is 0.616. The Morgan fingerprint density at radius 1 is 1.50 bits per heavy atom. The van der Waals surface area contributed by atoms with Crippen molar-refractivity contribution in [2.75, 3.05) is 11.9 Å². The van der Waals surface area contributed by atoms with Crippen LogP contribution in [0.15, 0.2) is 18.2 Å². The Morgan fingerprint density at radius 3 is 2.94 bits per heavy atom. The molecule has 84 valence electrons. The molecule has 0 aliphatic heterocycles. The van der Waals surface area contributed by atoms with Gasteiger partial charge in [0, 0.05) is 18.3 Å². The standard InChI is InChI=1S/C12H12BrNO2/c1-14(7-15)9-3-4-10-8(6-9)2-5-11(13)12(10)16/h3-4,6-7,11H,2,5H2,1H3. The molecular formula is C12H12BrNO2. The van der Waals surface area contributed by atoms with Crippen LogP contribution in [0.25, 0.3) is 0 Å². The van der Waals surface area contributed by atoms with E-state index in [4.69, 9.17) is 0 Å². The molecule has 16 heavy (non-hydrogen) atoms. The van der Waals surface area contributed by atoms with Gasteiger partial charge in [0.05, 0.1) is 4.83 Å². The van der Waals surface area contributed by atoms with Crippen LogP contribution in [0.4, 0.5) is 5.69 Å². The fraction of sp³-hybridized carbons (Fsp3) is 0.333. The van der Waals surface area contributed by atoms with Gasteiger partial charge in [-0.25, -0.2) is 0 Å². The number of Topliss-reactive ketones (excluding diaryl/α,β-unsaturated/α-hetero) is 1. The van der Waals surface area contributed by atoms with Crippen molar-refractivity contribution in [1.29, 1.82) is 0 Å². The summed E-state index contributed by atoms with van der Waals surface area (Å²) in [5.41, 5.74) is 2.64. The number of hydrogen-bond donors (Lipinski definition) is 0. The average molecular weight is 282 g/mol. The molecule has 0 N–H and O–H groups in total. The number of amides is 1. The van der Waals surface area contributed by atoms with Crippen LogP contribution in [0, 0.1) is 0 Å². The molecule has 1 aliphatic carbocycles. The number of fused-ring (bicyclic) bond motifs is 1. The molecule has 1 atom stereocenters. The predicted octanol–water partition coefficient (Wildman–Crippen LogP) is 2.17. The van der Waals surface area contributed by atoms with Gasteiger partial charge in [0.2, 0.25) is 6.41 Å². The third kappa shape index (κ3) is 1.89. The number of hydrogen-bond acceptors (Lipinski definition) is 2. The van der Waals surface area contributed by atoms with Gasteiger partial charge in [0.1, 0.15) is 0 Å². The van der Waals surface area contributed by atoms with E-state index in [1.807, 2.05) is 6.07 Å². The monoisotopic (exact) mass is 281 g/mol. The zero-order chi connectivity index (χ0) is 11.7. The van der Waals surface area contributed by atoms with E-state index in [2.05, 4.69) is 15.9 Å². The highest BCUT2D eigenvalue weighted by molar-refractivity contribution is 9.10. The molecular weight excluding hydrogens is 270 g/mol. The molecule has 4 heteroatoms. The summed E-state index contributed by atoms with van der Waals surface area (Å²) in [5, 5.41) is 0. The number of benzene rings is 1. The van der Waals surface area contributed by atoms with Crippen molar-refractivity contribution in [3.05, 3.63) is 29.3 Å². The first kappa shape index (κ1) is 11.3. The van der Waals surface area contributed by atoms with Crippen LogP contribution in [0.5, 0.6) is 0 Å². The highest BCUT2D eigenvalue weighted by Gasteiger charge is 2.25. The first-order chi connectivity index (χ1) is 7.63. The van der Waals surface area contributed by atoms with Crippen LogP contribution in [-0.4, -0.2) is 24.1 Å². The number of alkyl halides is 1. The topological polar surface area (TPSA) is 37.4 Å². The van der Waals surface area contributed by atoms with E-state index in [9.17, 15) is 9.59 Å². The maximum absolute atomic E-state index is 11.8. The zero-order valence-electron chi connectivity index (χ0n) is 8.94. The molecule has 3 nitrogen and oxygen atoms in total. The van der Waals surface area contributed by atoms with E-state index in [-0.39, 0.29) is 10.6 Å². The van der Waals surface area contributed by atoms with Crippen LogP contribution >= 0.6 is 15.9 Å². The van der Waals surface area contributed by atoms with Gasteiger partial charge in [0.25, 0.3) is 0 Å². The Kier molecular flexibility index (Phi) is 3.10. The molecule has 1 aliphatic rings. The van der Waals surface area contributed by atoms with Crippen molar-refractivity contribution in [2.24, 2.45) is 0 Å². The summed E-state index contributed by atoms with van der Waals surface area (Å²) in [6.45, 7) is 0. The molecule has 0 bridgehead atoms. The maximum atomic E-state index is 11.8. The lowest BCUT2D eigenvalue weighted by Gasteiger charge is -2.21. The molecule has 0 aromatic heterocycles. The van der Waals surface area contributed by atoms with Gasteiger partial charge in [-0.05, 0) is 36.6 Å². The first-order valence-corrected chi connectivity index (χ1v) is 6.04. The van der Waals surface area contributed by atoms with E-state index in [1.165, 1.54) is 4.90 Å². The fourth-order valence-electron chi connectivity index (χ4n) is 1.89. The van der Waals surface area contributed by atoms with Crippen molar-refractivity contribution >= 4 is 33.8 Å². The van der Waals surface area contributed by atoms with Crippen LogP contribution < -0.4 is 4.90 Å². The summed E-state index contributed by atoms with van der Waals surface area (Å²) in [7, 11) is 1.70. The highest BCUT2D eigenvalue weighted by atomic mass is 79.9. The van der Waals surface area contributed by atoms with Gasteiger partial charge >= 0.3 is 0 Å². The van der Waals surface area contributed by atoms with Gasteiger partial charge in [-0.1, -0.05) is 15.9 Å². The Balaban J connectivity index is 2.41. The van der Waals surface area contributed by atoms with Crippen molar-refractivity contribution in [2.45, 2.75) is 17.7 Å². The Bertz CT molecular complexity index is 445. The van der Waals surface area contributed by atoms with Gasteiger partial charge in [-0.15, -0.1) is 0 Å². The molecule has 0 fully saturated rings. The fourth-order valence-corrected chi connectivity index (χ4v) is 2.37. The summed E-state index contributed by atoms with van der Waals surface area (Å²) in [5.74, 6) is 0.140. The van der Waals surface area contributed by atoms with Crippen molar-refractivity contribution < 1.29 is 9.59 Å². The summed E-state index contributed by atoms with van der Waals surface area (Å²) in [6, 6.07) is 5.52. The molecule has 2 rings (SSSR count). The summed E-state index contributed by atoms with van der Waals surface area (Å²) in [6.07, 6.45) is 2.46. The third-order valence-electron chi connectivity index (χ3n) is 2.87. The second kappa shape index (κ2) is 4.37. The van der Waals surface area contributed by atoms with E-state index in [1.54, 1.807) is 19.2 Å². The molecule has 1 aromatic carbocycles. The van der Waals surface area contributed by atoms with E-state index >= 15 is 0 Å². The van der Waals surface area contributed by atoms with Crippen LogP contribution in [0.3, 0.4) is 0 Å². The normalized spacial score (nSPS) is 19.1. The van der Waals surface area contributed by atoms with Crippen molar-refractivity contribution in [1.82, 2.24) is 0 Å². The van der Waals surface area contributed by atoms with E-state index in [0.29, 0.717) is 0 Å². The SMILES string of the molecule is CN(C=O)c1ccc2c(c1)CCC(Br)C2=O. The number of rotatable bonds is 2. The summed E-state index contributed by atoms with van der Waals surface area (Å²) >= 11 is 3.37. The summed E-state index contributed by atoms with van der Waals surface area (Å²) in [4.78, 5) is 23.9. The Morgan fingerprint density at radius 2 is 2.25 bits per heavy atom. The Hall–Kier alpha value is -1.16. The number of carbonyl (C=O) groups excluding carboxylic acids is 2. The zero-order valence-corrected chi connectivity index (χ0v) is 10.5. The second-order valence-electron chi connectivity index (χ2n) is 3.93. The van der Waals surface area contributed by atoms with Gasteiger partial charge < -0.3 is 4.90 Å². The minimum absolute atomic E-state index is 0.0605. The van der Waals surface area contributed by atoms with Crippen molar-refractivity contribution in [3.8, 4) is 0 Å². The van der Waals surface area contributed by atoms with Gasteiger partial charge in [0.15, 0.2) is 5.78 Å². The second-order valence-corrected chi connectivity index (χ2v) is 5.03. The lowest BCUT2D eigenvalue weighted by Crippen LogP contribution is -2.23. The lowest BCUT2D eigenvalue weighted by molar-refractivity contribution is -0.107. The van der Waals surface area contributed by atoms with Gasteiger partial charge in [-0.2, -0.15) is 0 Å². The smallest absolute Gasteiger partial charge is 0.213 e. The third-order valence-corrected chi connectivity index (χ3v) is 3.74. The van der Waals surface area contributed by atoms with Crippen LogP contribution in [0.2, 0.25) is 0 Å². The largest absolute Gasteiger partial charge is 0.318 e. The van der Waals surface area contributed by atoms with Crippen LogP contribution in [-0.2, 0) is 11.2 Å². The maximum Gasteiger partial charge on any atom is 0.213 e. The molecule has 0 saturated carbocycles. The number of carbonyl (C=O) groups is 2. The molecule has 0 radical (unpaired) electrons. The first-order valence-electron chi connectivity index (χ1n) is 5.13. The summed E-state index contributed by atoms with van der Waals surface area (Å²) < 4.78 is 0. The number of ketones is 1. The molecule has 1 unspecified atom stereocenters. The Labute approximate surface area is 103 Å². The minimum Gasteiger partial charge on any atom is -0.318 e. The molecule has 0 heterocycles. The molecule has 0 spiro atoms. The van der Waals surface area contributed by atoms with Crippen LogP contribution in [0.1, 0.15) is 22.3 Å². The molecule has 0 saturated heterocycles. The predicted molar refractivity (Wildman–Crippen MR) is 66.3 cm³/mol. The van der Waals surface area contributed by atoms with E-state index in [0.717, 1.165) is 36.1 Å². The van der Waals surface area contributed by atoms with Crippen molar-refractivity contribution in [3.63, 3.8) is 0 Å². The lowest BCUT2D eigenvalue weighted by atomic mass is 9.90. The number of anilines is 1. The number of aryl methyl sites for hydroxylation is 1. The minimum atomic E-state index is -0.0605. The molecule has 1 aromatic rings. The molecule has 1 amide bonds. The van der Waals surface area contributed by atoms with E-state index < -0.39 is 0 Å². The number of halogens is 1. The highest BCUT2D eigenvalue weighted by Crippen LogP contribution is 2.28. The van der Waals surface area contributed by atoms with Gasteiger partial charge in [-0.3, -0.25) is 9.59 Å².